The molecule has 0 radical (unpaired) electrons. The van der Waals surface area contributed by atoms with E-state index >= 15 is 0 Å². The van der Waals surface area contributed by atoms with Gasteiger partial charge in [0.1, 0.15) is 12.0 Å². The Hall–Kier alpha value is -2.37. The Morgan fingerprint density at radius 3 is 3.06 bits per heavy atom. The number of carbonyl (C=O) groups excluding carboxylic acids is 1. The van der Waals surface area contributed by atoms with Gasteiger partial charge < -0.3 is 13.9 Å². The molecule has 2 aromatic heterocycles. The molecule has 0 aliphatic carbocycles. The number of oxazole rings is 1. The van der Waals surface area contributed by atoms with E-state index in [-0.39, 0.29) is 11.6 Å². The van der Waals surface area contributed by atoms with Crippen molar-refractivity contribution in [1.82, 2.24) is 9.97 Å². The quantitative estimate of drug-likeness (QED) is 0.769. The van der Waals surface area contributed by atoms with E-state index in [0.29, 0.717) is 17.9 Å². The van der Waals surface area contributed by atoms with Crippen molar-refractivity contribution in [3.8, 4) is 17.2 Å². The molecule has 0 saturated carbocycles. The zero-order chi connectivity index (χ0) is 13.0. The summed E-state index contributed by atoms with van der Waals surface area (Å²) in [5.41, 5.74) is 0.758. The first-order chi connectivity index (χ1) is 8.76. The molecule has 0 fully saturated rings. The van der Waals surface area contributed by atoms with Crippen LogP contribution >= 0.6 is 0 Å². The summed E-state index contributed by atoms with van der Waals surface area (Å²) in [6.07, 6.45) is 4.39. The predicted molar refractivity (Wildman–Crippen MR) is 62.2 cm³/mol. The highest BCUT2D eigenvalue weighted by Crippen LogP contribution is 2.27. The van der Waals surface area contributed by atoms with Gasteiger partial charge in [-0.15, -0.1) is 0 Å². The fourth-order valence-corrected chi connectivity index (χ4v) is 1.42. The monoisotopic (exact) mass is 248 g/mol. The van der Waals surface area contributed by atoms with Crippen LogP contribution in [0.5, 0.6) is 5.75 Å². The number of hydrogen-bond acceptors (Lipinski definition) is 6. The largest absolute Gasteiger partial charge is 0.494 e. The highest BCUT2D eigenvalue weighted by atomic mass is 16.5. The van der Waals surface area contributed by atoms with Crippen LogP contribution in [0, 0.1) is 0 Å². The summed E-state index contributed by atoms with van der Waals surface area (Å²) in [6, 6.07) is 1.69. The van der Waals surface area contributed by atoms with Gasteiger partial charge in [-0.25, -0.2) is 9.78 Å². The SMILES string of the molecule is CCOC(=O)c1coc(-c2ccncc2OC)n1. The third kappa shape index (κ3) is 2.32. The minimum atomic E-state index is -0.513. The van der Waals surface area contributed by atoms with Crippen LogP contribution in [-0.2, 0) is 4.74 Å². The minimum absolute atomic E-state index is 0.130. The molecule has 0 aliphatic heterocycles. The van der Waals surface area contributed by atoms with E-state index in [1.54, 1.807) is 25.4 Å². The molecule has 6 nitrogen and oxygen atoms in total. The van der Waals surface area contributed by atoms with Crippen LogP contribution in [0.2, 0.25) is 0 Å². The molecular weight excluding hydrogens is 236 g/mol. The van der Waals surface area contributed by atoms with Crippen molar-refractivity contribution in [2.75, 3.05) is 13.7 Å². The highest BCUT2D eigenvalue weighted by Gasteiger charge is 2.16. The van der Waals surface area contributed by atoms with E-state index in [2.05, 4.69) is 9.97 Å². The molecular formula is C12H12N2O4. The molecule has 0 atom stereocenters. The Kier molecular flexibility index (Phi) is 3.57. The Morgan fingerprint density at radius 1 is 1.50 bits per heavy atom. The number of methoxy groups -OCH3 is 1. The second-order valence-electron chi connectivity index (χ2n) is 3.33. The second kappa shape index (κ2) is 5.31. The lowest BCUT2D eigenvalue weighted by Gasteiger charge is -2.02. The van der Waals surface area contributed by atoms with Gasteiger partial charge >= 0.3 is 5.97 Å². The topological polar surface area (TPSA) is 74.5 Å². The second-order valence-corrected chi connectivity index (χ2v) is 3.33. The number of esters is 1. The van der Waals surface area contributed by atoms with Crippen LogP contribution in [0.1, 0.15) is 17.4 Å². The molecule has 18 heavy (non-hydrogen) atoms. The van der Waals surface area contributed by atoms with Crippen molar-refractivity contribution in [3.63, 3.8) is 0 Å². The van der Waals surface area contributed by atoms with Crippen molar-refractivity contribution in [2.24, 2.45) is 0 Å². The summed E-state index contributed by atoms with van der Waals surface area (Å²) in [5.74, 6) is 0.299. The Bertz CT molecular complexity index is 551. The lowest BCUT2D eigenvalue weighted by molar-refractivity contribution is 0.0519. The van der Waals surface area contributed by atoms with Gasteiger partial charge in [-0.3, -0.25) is 4.98 Å². The van der Waals surface area contributed by atoms with Crippen LogP contribution in [0.3, 0.4) is 0 Å². The first-order valence-corrected chi connectivity index (χ1v) is 5.37. The van der Waals surface area contributed by atoms with Crippen LogP contribution < -0.4 is 4.74 Å². The normalized spacial score (nSPS) is 10.1. The third-order valence-electron chi connectivity index (χ3n) is 2.22. The zero-order valence-corrected chi connectivity index (χ0v) is 10.0. The van der Waals surface area contributed by atoms with Crippen molar-refractivity contribution in [3.05, 3.63) is 30.4 Å². The van der Waals surface area contributed by atoms with Crippen LogP contribution in [0.15, 0.2) is 29.1 Å². The molecule has 0 aliphatic rings. The van der Waals surface area contributed by atoms with E-state index < -0.39 is 5.97 Å². The standard InChI is InChI=1S/C12H12N2O4/c1-3-17-12(15)9-7-18-11(14-9)8-4-5-13-6-10(8)16-2/h4-7H,3H2,1-2H3. The summed E-state index contributed by atoms with van der Waals surface area (Å²) in [7, 11) is 1.52. The van der Waals surface area contributed by atoms with Gasteiger partial charge in [0, 0.05) is 6.20 Å². The van der Waals surface area contributed by atoms with Gasteiger partial charge in [0.05, 0.1) is 25.5 Å². The predicted octanol–water partition coefficient (Wildman–Crippen LogP) is 1.92. The average molecular weight is 248 g/mol. The lowest BCUT2D eigenvalue weighted by atomic mass is 10.2. The number of ether oxygens (including phenoxy) is 2. The summed E-state index contributed by atoms with van der Waals surface area (Å²) in [6.45, 7) is 2.02. The maximum atomic E-state index is 11.5. The van der Waals surface area contributed by atoms with Crippen molar-refractivity contribution in [1.29, 1.82) is 0 Å². The number of carbonyl (C=O) groups is 1. The fourth-order valence-electron chi connectivity index (χ4n) is 1.42. The molecule has 0 saturated heterocycles. The molecule has 2 rings (SSSR count). The molecule has 0 bridgehead atoms. The van der Waals surface area contributed by atoms with E-state index in [9.17, 15) is 4.79 Å². The van der Waals surface area contributed by atoms with Crippen molar-refractivity contribution in [2.45, 2.75) is 6.92 Å². The Balaban J connectivity index is 2.32. The molecule has 0 unspecified atom stereocenters. The van der Waals surface area contributed by atoms with Gasteiger partial charge in [-0.1, -0.05) is 0 Å². The van der Waals surface area contributed by atoms with Crippen molar-refractivity contribution < 1.29 is 18.7 Å². The molecule has 0 amide bonds. The van der Waals surface area contributed by atoms with Crippen LogP contribution in [0.25, 0.3) is 11.5 Å². The average Bonchev–Trinajstić information content (AvgIpc) is 2.88. The van der Waals surface area contributed by atoms with E-state index in [4.69, 9.17) is 13.9 Å². The van der Waals surface area contributed by atoms with E-state index in [1.165, 1.54) is 13.4 Å². The van der Waals surface area contributed by atoms with Gasteiger partial charge in [-0.05, 0) is 13.0 Å². The first-order valence-electron chi connectivity index (χ1n) is 5.37. The first kappa shape index (κ1) is 12.1. The Labute approximate surface area is 104 Å². The molecule has 0 spiro atoms. The maximum absolute atomic E-state index is 11.5. The summed E-state index contributed by atoms with van der Waals surface area (Å²) in [4.78, 5) is 19.4. The fraction of sp³-hybridized carbons (Fsp3) is 0.250. The molecule has 2 heterocycles. The summed E-state index contributed by atoms with van der Waals surface area (Å²) < 4.78 is 15.2. The third-order valence-corrected chi connectivity index (χ3v) is 2.22. The Morgan fingerprint density at radius 2 is 2.33 bits per heavy atom. The molecule has 0 aromatic carbocycles. The maximum Gasteiger partial charge on any atom is 0.360 e. The van der Waals surface area contributed by atoms with Gasteiger partial charge in [0.15, 0.2) is 5.69 Å². The van der Waals surface area contributed by atoms with Crippen LogP contribution in [0.4, 0.5) is 0 Å². The molecule has 0 N–H and O–H groups in total. The molecule has 94 valence electrons. The smallest absolute Gasteiger partial charge is 0.360 e. The van der Waals surface area contributed by atoms with Gasteiger partial charge in [-0.2, -0.15) is 0 Å². The van der Waals surface area contributed by atoms with Crippen molar-refractivity contribution >= 4 is 5.97 Å². The lowest BCUT2D eigenvalue weighted by Crippen LogP contribution is -2.04. The van der Waals surface area contributed by atoms with Gasteiger partial charge in [0.2, 0.25) is 5.89 Å². The molecule has 6 heteroatoms. The number of hydrogen-bond donors (Lipinski definition) is 0. The van der Waals surface area contributed by atoms with Gasteiger partial charge in [0.25, 0.3) is 0 Å². The number of nitrogens with zero attached hydrogens (tertiary/aromatic N) is 2. The number of aromatic nitrogens is 2. The van der Waals surface area contributed by atoms with E-state index in [1.807, 2.05) is 0 Å². The molecule has 2 aromatic rings. The number of pyridine rings is 1. The highest BCUT2D eigenvalue weighted by molar-refractivity contribution is 5.87. The van der Waals surface area contributed by atoms with Crippen LogP contribution in [-0.4, -0.2) is 29.7 Å². The zero-order valence-electron chi connectivity index (χ0n) is 10.0. The summed E-state index contributed by atoms with van der Waals surface area (Å²) in [5, 5.41) is 0. The summed E-state index contributed by atoms with van der Waals surface area (Å²) >= 11 is 0. The van der Waals surface area contributed by atoms with E-state index in [0.717, 1.165) is 0 Å². The number of rotatable bonds is 4. The minimum Gasteiger partial charge on any atom is -0.494 e.